The number of carbonyl (C=O) groups excluding carboxylic acids is 1. The van der Waals surface area contributed by atoms with Crippen molar-refractivity contribution in [3.05, 3.63) is 94.5 Å². The molecule has 0 heterocycles. The Labute approximate surface area is 212 Å². The number of nitrogens with one attached hydrogen (secondary N) is 1. The van der Waals surface area contributed by atoms with Crippen LogP contribution in [-0.4, -0.2) is 33.7 Å². The van der Waals surface area contributed by atoms with Crippen LogP contribution in [0, 0.1) is 0 Å². The lowest BCUT2D eigenvalue weighted by atomic mass is 10.1. The molecule has 3 aromatic rings. The lowest BCUT2D eigenvalue weighted by molar-refractivity contribution is 0.0947. The van der Waals surface area contributed by atoms with Crippen molar-refractivity contribution in [3.63, 3.8) is 0 Å². The summed E-state index contributed by atoms with van der Waals surface area (Å²) in [5, 5.41) is 3.45. The van der Waals surface area contributed by atoms with E-state index in [1.807, 2.05) is 24.3 Å². The van der Waals surface area contributed by atoms with E-state index >= 15 is 0 Å². The Kier molecular flexibility index (Phi) is 9.57. The van der Waals surface area contributed by atoms with Gasteiger partial charge in [-0.15, -0.1) is 0 Å². The summed E-state index contributed by atoms with van der Waals surface area (Å²) in [6.45, 7) is 3.00. The molecule has 0 aliphatic heterocycles. The van der Waals surface area contributed by atoms with Gasteiger partial charge in [-0.25, -0.2) is 8.42 Å². The van der Waals surface area contributed by atoms with Crippen molar-refractivity contribution in [1.29, 1.82) is 0 Å². The lowest BCUT2D eigenvalue weighted by Crippen LogP contribution is -2.29. The van der Waals surface area contributed by atoms with Crippen LogP contribution >= 0.6 is 11.6 Å². The number of ether oxygens (including phenoxy) is 1. The molecule has 0 fully saturated rings. The molecule has 0 bridgehead atoms. The van der Waals surface area contributed by atoms with Gasteiger partial charge in [0.2, 0.25) is 10.0 Å². The molecule has 3 aromatic carbocycles. The van der Waals surface area contributed by atoms with Crippen molar-refractivity contribution >= 4 is 33.2 Å². The molecule has 35 heavy (non-hydrogen) atoms. The lowest BCUT2D eigenvalue weighted by Gasteiger charge is -2.23. The summed E-state index contributed by atoms with van der Waals surface area (Å²) >= 11 is 5.85. The predicted molar refractivity (Wildman–Crippen MR) is 142 cm³/mol. The average Bonchev–Trinajstić information content (AvgIpc) is 2.85. The number of amides is 1. The zero-order chi connectivity index (χ0) is 25.3. The molecule has 186 valence electrons. The molecule has 0 unspecified atom stereocenters. The molecular formula is C27H31ClN2O4S. The number of hydrogen-bond donors (Lipinski definition) is 1. The van der Waals surface area contributed by atoms with Gasteiger partial charge in [-0.3, -0.25) is 9.10 Å². The Hall–Kier alpha value is -3.03. The fourth-order valence-corrected chi connectivity index (χ4v) is 4.52. The van der Waals surface area contributed by atoms with E-state index < -0.39 is 10.0 Å². The molecule has 6 nitrogen and oxygen atoms in total. The molecule has 0 spiro atoms. The highest BCUT2D eigenvalue weighted by molar-refractivity contribution is 7.92. The van der Waals surface area contributed by atoms with Crippen LogP contribution in [-0.2, 0) is 23.0 Å². The first-order valence-corrected chi connectivity index (χ1v) is 13.8. The first-order chi connectivity index (χ1) is 16.8. The van der Waals surface area contributed by atoms with E-state index in [9.17, 15) is 13.2 Å². The van der Waals surface area contributed by atoms with Crippen LogP contribution in [0.25, 0.3) is 0 Å². The topological polar surface area (TPSA) is 75.7 Å². The van der Waals surface area contributed by atoms with Gasteiger partial charge in [-0.2, -0.15) is 0 Å². The van der Waals surface area contributed by atoms with E-state index in [0.717, 1.165) is 24.8 Å². The van der Waals surface area contributed by atoms with E-state index in [0.29, 0.717) is 35.2 Å². The van der Waals surface area contributed by atoms with Crippen LogP contribution < -0.4 is 14.4 Å². The zero-order valence-corrected chi connectivity index (χ0v) is 21.6. The predicted octanol–water partition coefficient (Wildman–Crippen LogP) is 5.46. The number of rotatable bonds is 12. The summed E-state index contributed by atoms with van der Waals surface area (Å²) in [4.78, 5) is 12.4. The minimum absolute atomic E-state index is 0.184. The van der Waals surface area contributed by atoms with Crippen LogP contribution in [0.1, 0.15) is 41.3 Å². The number of anilines is 1. The van der Waals surface area contributed by atoms with Crippen molar-refractivity contribution < 1.29 is 17.9 Å². The molecule has 8 heteroatoms. The van der Waals surface area contributed by atoms with Crippen molar-refractivity contribution in [2.24, 2.45) is 0 Å². The molecule has 1 N–H and O–H groups in total. The Bertz CT molecular complexity index is 1200. The highest BCUT2D eigenvalue weighted by Gasteiger charge is 2.18. The molecule has 1 amide bonds. The molecule has 0 aliphatic rings. The van der Waals surface area contributed by atoms with E-state index in [1.54, 1.807) is 48.5 Å². The van der Waals surface area contributed by atoms with Crippen LogP contribution in [0.4, 0.5) is 5.69 Å². The Balaban J connectivity index is 1.56. The molecule has 3 rings (SSSR count). The van der Waals surface area contributed by atoms with Gasteiger partial charge in [0, 0.05) is 10.6 Å². The second kappa shape index (κ2) is 12.6. The second-order valence-electron chi connectivity index (χ2n) is 8.29. The minimum Gasteiger partial charge on any atom is -0.492 e. The monoisotopic (exact) mass is 514 g/mol. The third-order valence-electron chi connectivity index (χ3n) is 5.46. The van der Waals surface area contributed by atoms with Crippen LogP contribution in [0.5, 0.6) is 5.75 Å². The minimum atomic E-state index is -3.48. The van der Waals surface area contributed by atoms with Crippen LogP contribution in [0.2, 0.25) is 5.02 Å². The quantitative estimate of drug-likeness (QED) is 0.326. The Morgan fingerprint density at radius 2 is 1.57 bits per heavy atom. The van der Waals surface area contributed by atoms with Crippen molar-refractivity contribution in [2.45, 2.75) is 32.7 Å². The molecule has 0 aliphatic carbocycles. The van der Waals surface area contributed by atoms with Crippen molar-refractivity contribution in [3.8, 4) is 5.75 Å². The number of halogens is 1. The van der Waals surface area contributed by atoms with Gasteiger partial charge in [0.25, 0.3) is 5.91 Å². The molecule has 0 saturated heterocycles. The van der Waals surface area contributed by atoms with Gasteiger partial charge in [0.1, 0.15) is 12.4 Å². The largest absolute Gasteiger partial charge is 0.492 e. The maximum absolute atomic E-state index is 12.5. The number of nitrogens with zero attached hydrogens (tertiary/aromatic N) is 1. The second-order valence-corrected chi connectivity index (χ2v) is 10.6. The van der Waals surface area contributed by atoms with Gasteiger partial charge in [-0.05, 0) is 72.5 Å². The fourth-order valence-electron chi connectivity index (χ4n) is 3.50. The normalized spacial score (nSPS) is 11.2. The molecule has 0 atom stereocenters. The summed E-state index contributed by atoms with van der Waals surface area (Å²) in [6, 6.07) is 21.6. The standard InChI is InChI=1S/C27H31ClN2O4S/c1-3-4-5-21-8-14-25(15-9-21)30(35(2,32)33)20-22-6-10-23(11-7-22)27(31)29-18-19-34-26-16-12-24(28)13-17-26/h6-17H,3-5,18-20H2,1-2H3,(H,29,31). The summed E-state index contributed by atoms with van der Waals surface area (Å²) in [5.41, 5.74) is 3.09. The first-order valence-electron chi connectivity index (χ1n) is 11.6. The SMILES string of the molecule is CCCCc1ccc(N(Cc2ccc(C(=O)NCCOc3ccc(Cl)cc3)cc2)S(C)(=O)=O)cc1. The van der Waals surface area contributed by atoms with Gasteiger partial charge in [-0.1, -0.05) is 49.2 Å². The number of sulfonamides is 1. The number of benzene rings is 3. The molecule has 0 saturated carbocycles. The van der Waals surface area contributed by atoms with Crippen LogP contribution in [0.15, 0.2) is 72.8 Å². The van der Waals surface area contributed by atoms with Crippen molar-refractivity contribution in [1.82, 2.24) is 5.32 Å². The van der Waals surface area contributed by atoms with Gasteiger partial charge < -0.3 is 10.1 Å². The fraction of sp³-hybridized carbons (Fsp3) is 0.296. The number of aryl methyl sites for hydroxylation is 1. The number of carbonyl (C=O) groups is 1. The Morgan fingerprint density at radius 1 is 0.943 bits per heavy atom. The maximum Gasteiger partial charge on any atom is 0.251 e. The van der Waals surface area contributed by atoms with Gasteiger partial charge >= 0.3 is 0 Å². The van der Waals surface area contributed by atoms with Crippen molar-refractivity contribution in [2.75, 3.05) is 23.7 Å². The highest BCUT2D eigenvalue weighted by atomic mass is 35.5. The molecular weight excluding hydrogens is 484 g/mol. The summed E-state index contributed by atoms with van der Waals surface area (Å²) in [7, 11) is -3.48. The van der Waals surface area contributed by atoms with Gasteiger partial charge in [0.05, 0.1) is 25.0 Å². The van der Waals surface area contributed by atoms with E-state index in [4.69, 9.17) is 16.3 Å². The number of unbranched alkanes of at least 4 members (excludes halogenated alkanes) is 1. The number of hydrogen-bond acceptors (Lipinski definition) is 4. The summed E-state index contributed by atoms with van der Waals surface area (Å²) < 4.78 is 31.9. The Morgan fingerprint density at radius 3 is 2.17 bits per heavy atom. The van der Waals surface area contributed by atoms with Gasteiger partial charge in [0.15, 0.2) is 0 Å². The first kappa shape index (κ1) is 26.6. The molecule has 0 radical (unpaired) electrons. The van der Waals surface area contributed by atoms with Crippen LogP contribution in [0.3, 0.4) is 0 Å². The van der Waals surface area contributed by atoms with E-state index in [1.165, 1.54) is 16.1 Å². The smallest absolute Gasteiger partial charge is 0.251 e. The summed E-state index contributed by atoms with van der Waals surface area (Å²) in [6.07, 6.45) is 4.39. The maximum atomic E-state index is 12.5. The summed E-state index contributed by atoms with van der Waals surface area (Å²) in [5.74, 6) is 0.456. The average molecular weight is 515 g/mol. The van der Waals surface area contributed by atoms with E-state index in [2.05, 4.69) is 12.2 Å². The third kappa shape index (κ3) is 8.30. The third-order valence-corrected chi connectivity index (χ3v) is 6.85. The zero-order valence-electron chi connectivity index (χ0n) is 20.0. The molecule has 0 aromatic heterocycles. The highest BCUT2D eigenvalue weighted by Crippen LogP contribution is 2.22. The van der Waals surface area contributed by atoms with E-state index in [-0.39, 0.29) is 12.5 Å².